The van der Waals surface area contributed by atoms with Gasteiger partial charge in [0, 0.05) is 17.6 Å². The van der Waals surface area contributed by atoms with E-state index in [1.165, 1.54) is 17.9 Å². The van der Waals surface area contributed by atoms with E-state index in [0.29, 0.717) is 41.9 Å². The van der Waals surface area contributed by atoms with Crippen LogP contribution in [0, 0.1) is 0 Å². The van der Waals surface area contributed by atoms with E-state index in [1.54, 1.807) is 36.4 Å². The quantitative estimate of drug-likeness (QED) is 0.291. The largest absolute Gasteiger partial charge is 0.496 e. The molecule has 32 heavy (non-hydrogen) atoms. The van der Waals surface area contributed by atoms with Crippen molar-refractivity contribution in [3.05, 3.63) is 53.7 Å². The van der Waals surface area contributed by atoms with Crippen LogP contribution in [0.1, 0.15) is 27.3 Å². The lowest BCUT2D eigenvalue weighted by Crippen LogP contribution is -2.26. The molecule has 170 valence electrons. The van der Waals surface area contributed by atoms with E-state index in [4.69, 9.17) is 15.6 Å². The van der Waals surface area contributed by atoms with Crippen LogP contribution in [0.2, 0.25) is 0 Å². The number of nitrogens with zero attached hydrogens (tertiary/aromatic N) is 2. The Labute approximate surface area is 185 Å². The molecule has 2 amide bonds. The van der Waals surface area contributed by atoms with Crippen LogP contribution in [0.25, 0.3) is 10.9 Å². The van der Waals surface area contributed by atoms with Crippen LogP contribution in [0.5, 0.6) is 5.75 Å². The lowest BCUT2D eigenvalue weighted by Gasteiger charge is -2.12. The number of hydrogen-bond donors (Lipinski definition) is 5. The van der Waals surface area contributed by atoms with Crippen LogP contribution in [-0.4, -0.2) is 64.7 Å². The summed E-state index contributed by atoms with van der Waals surface area (Å²) in [6.07, 6.45) is -0.360. The van der Waals surface area contributed by atoms with Crippen LogP contribution in [0.4, 0.5) is 5.69 Å². The van der Waals surface area contributed by atoms with Gasteiger partial charge in [-0.15, -0.1) is 0 Å². The molecule has 0 fully saturated rings. The molecule has 0 aliphatic rings. The Morgan fingerprint density at radius 2 is 2.00 bits per heavy atom. The van der Waals surface area contributed by atoms with E-state index in [9.17, 15) is 14.7 Å². The van der Waals surface area contributed by atoms with Gasteiger partial charge in [-0.25, -0.2) is 0 Å². The highest BCUT2D eigenvalue weighted by Crippen LogP contribution is 2.24. The minimum Gasteiger partial charge on any atom is -0.496 e. The Kier molecular flexibility index (Phi) is 7.77. The van der Waals surface area contributed by atoms with E-state index >= 15 is 0 Å². The molecule has 10 nitrogen and oxygen atoms in total. The number of methoxy groups -OCH3 is 1. The van der Waals surface area contributed by atoms with Crippen molar-refractivity contribution in [3.63, 3.8) is 0 Å². The summed E-state index contributed by atoms with van der Waals surface area (Å²) in [5, 5.41) is 29.4. The number of carbonyl (C=O) groups excluding carboxylic acids is 2. The Morgan fingerprint density at radius 1 is 1.22 bits per heavy atom. The van der Waals surface area contributed by atoms with E-state index in [2.05, 4.69) is 15.7 Å². The summed E-state index contributed by atoms with van der Waals surface area (Å²) in [5.41, 5.74) is 6.96. The van der Waals surface area contributed by atoms with Crippen LogP contribution in [0.3, 0.4) is 0 Å². The highest BCUT2D eigenvalue weighted by Gasteiger charge is 2.20. The fourth-order valence-electron chi connectivity index (χ4n) is 3.24. The Morgan fingerprint density at radius 3 is 2.72 bits per heavy atom. The third kappa shape index (κ3) is 5.22. The zero-order valence-electron chi connectivity index (χ0n) is 17.7. The normalized spacial score (nSPS) is 11.9. The molecule has 0 radical (unpaired) electrons. The molecule has 1 atom stereocenters. The van der Waals surface area contributed by atoms with Gasteiger partial charge in [0.25, 0.3) is 11.8 Å². The maximum Gasteiger partial charge on any atom is 0.276 e. The molecule has 10 heteroatoms. The van der Waals surface area contributed by atoms with Gasteiger partial charge in [0.15, 0.2) is 5.69 Å². The number of aliphatic hydroxyl groups is 2. The number of aromatic nitrogens is 2. The molecule has 3 aromatic rings. The van der Waals surface area contributed by atoms with E-state index in [0.717, 1.165) is 0 Å². The molecule has 0 saturated heterocycles. The SMILES string of the molecule is COc1ccc(NC(=O)c2nn(CC(O)CO)c3ccccc23)cc1C(=O)NCCCN. The van der Waals surface area contributed by atoms with Crippen molar-refractivity contribution in [2.24, 2.45) is 5.73 Å². The minimum absolute atomic E-state index is 0.0416. The number of fused-ring (bicyclic) bond motifs is 1. The first kappa shape index (κ1) is 23.2. The number of ether oxygens (including phenoxy) is 1. The predicted molar refractivity (Wildman–Crippen MR) is 120 cm³/mol. The zero-order chi connectivity index (χ0) is 23.1. The van der Waals surface area contributed by atoms with Gasteiger partial charge in [-0.1, -0.05) is 18.2 Å². The van der Waals surface area contributed by atoms with Gasteiger partial charge < -0.3 is 31.3 Å². The topological polar surface area (TPSA) is 152 Å². The van der Waals surface area contributed by atoms with E-state index in [1.807, 2.05) is 0 Å². The first-order valence-electron chi connectivity index (χ1n) is 10.2. The number of hydrogen-bond acceptors (Lipinski definition) is 7. The van der Waals surface area contributed by atoms with Crippen molar-refractivity contribution in [2.75, 3.05) is 32.1 Å². The number of amides is 2. The molecule has 6 N–H and O–H groups in total. The second-order valence-corrected chi connectivity index (χ2v) is 7.15. The molecule has 2 aromatic carbocycles. The van der Waals surface area contributed by atoms with Crippen LogP contribution in [0.15, 0.2) is 42.5 Å². The lowest BCUT2D eigenvalue weighted by molar-refractivity contribution is 0.0790. The number of nitrogens with one attached hydrogen (secondary N) is 2. The molecular weight excluding hydrogens is 414 g/mol. The Balaban J connectivity index is 1.86. The summed E-state index contributed by atoms with van der Waals surface area (Å²) in [6.45, 7) is 0.513. The van der Waals surface area contributed by atoms with Crippen LogP contribution >= 0.6 is 0 Å². The highest BCUT2D eigenvalue weighted by atomic mass is 16.5. The number of anilines is 1. The molecule has 0 saturated carbocycles. The first-order chi connectivity index (χ1) is 15.5. The van der Waals surface area contributed by atoms with Gasteiger partial charge in [0.2, 0.25) is 0 Å². The van der Waals surface area contributed by atoms with Crippen LogP contribution in [-0.2, 0) is 6.54 Å². The van der Waals surface area contributed by atoms with E-state index < -0.39 is 18.6 Å². The minimum atomic E-state index is -1.00. The number of para-hydroxylation sites is 1. The van der Waals surface area contributed by atoms with Gasteiger partial charge in [0.05, 0.1) is 37.4 Å². The Hall–Kier alpha value is -3.47. The van der Waals surface area contributed by atoms with Crippen molar-refractivity contribution >= 4 is 28.4 Å². The first-order valence-corrected chi connectivity index (χ1v) is 10.2. The average Bonchev–Trinajstić information content (AvgIpc) is 3.17. The Bertz CT molecular complexity index is 1100. The number of nitrogens with two attached hydrogens (primary N) is 1. The monoisotopic (exact) mass is 441 g/mol. The number of benzene rings is 2. The fraction of sp³-hybridized carbons (Fsp3) is 0.318. The predicted octanol–water partition coefficient (Wildman–Crippen LogP) is 0.729. The molecule has 1 unspecified atom stereocenters. The molecule has 0 aliphatic carbocycles. The smallest absolute Gasteiger partial charge is 0.276 e. The van der Waals surface area contributed by atoms with Gasteiger partial charge in [-0.3, -0.25) is 14.3 Å². The summed E-state index contributed by atoms with van der Waals surface area (Å²) < 4.78 is 6.75. The third-order valence-corrected chi connectivity index (χ3v) is 4.84. The van der Waals surface area contributed by atoms with Crippen molar-refractivity contribution in [3.8, 4) is 5.75 Å². The maximum absolute atomic E-state index is 13.0. The summed E-state index contributed by atoms with van der Waals surface area (Å²) in [5.74, 6) is -0.432. The third-order valence-electron chi connectivity index (χ3n) is 4.84. The second-order valence-electron chi connectivity index (χ2n) is 7.15. The summed E-state index contributed by atoms with van der Waals surface area (Å²) >= 11 is 0. The van der Waals surface area contributed by atoms with Crippen molar-refractivity contribution in [2.45, 2.75) is 19.1 Å². The fourth-order valence-corrected chi connectivity index (χ4v) is 3.24. The second kappa shape index (κ2) is 10.7. The summed E-state index contributed by atoms with van der Waals surface area (Å²) in [7, 11) is 1.46. The molecule has 3 rings (SSSR count). The van der Waals surface area contributed by atoms with Crippen molar-refractivity contribution in [1.82, 2.24) is 15.1 Å². The maximum atomic E-state index is 13.0. The molecule has 0 aliphatic heterocycles. The van der Waals surface area contributed by atoms with Gasteiger partial charge in [-0.2, -0.15) is 5.10 Å². The standard InChI is InChI=1S/C22H27N5O5/c1-32-19-8-7-14(11-17(19)21(30)24-10-4-9-23)25-22(31)20-16-5-2-3-6-18(16)27(26-20)12-15(29)13-28/h2-3,5-8,11,15,28-29H,4,9-10,12-13,23H2,1H3,(H,24,30)(H,25,31). The number of rotatable bonds is 10. The molecule has 0 bridgehead atoms. The van der Waals surface area contributed by atoms with Gasteiger partial charge >= 0.3 is 0 Å². The number of carbonyl (C=O) groups is 2. The van der Waals surface area contributed by atoms with Crippen molar-refractivity contribution < 1.29 is 24.5 Å². The summed E-state index contributed by atoms with van der Waals surface area (Å²) in [4.78, 5) is 25.5. The zero-order valence-corrected chi connectivity index (χ0v) is 17.7. The molecular formula is C22H27N5O5. The van der Waals surface area contributed by atoms with Crippen LogP contribution < -0.4 is 21.1 Å². The molecule has 1 aromatic heterocycles. The highest BCUT2D eigenvalue weighted by molar-refractivity contribution is 6.11. The van der Waals surface area contributed by atoms with Gasteiger partial charge in [0.1, 0.15) is 5.75 Å². The lowest BCUT2D eigenvalue weighted by atomic mass is 10.1. The average molecular weight is 441 g/mol. The van der Waals surface area contributed by atoms with E-state index in [-0.39, 0.29) is 23.7 Å². The van der Waals surface area contributed by atoms with Crippen molar-refractivity contribution in [1.29, 1.82) is 0 Å². The molecule has 1 heterocycles. The number of aliphatic hydroxyl groups excluding tert-OH is 2. The molecule has 0 spiro atoms. The summed E-state index contributed by atoms with van der Waals surface area (Å²) in [6, 6.07) is 11.9. The van der Waals surface area contributed by atoms with Gasteiger partial charge in [-0.05, 0) is 37.2 Å².